The van der Waals surface area contributed by atoms with Crippen molar-refractivity contribution in [1.82, 2.24) is 14.5 Å². The molecule has 1 aliphatic heterocycles. The van der Waals surface area contributed by atoms with Crippen molar-refractivity contribution in [2.75, 3.05) is 25.4 Å². The highest BCUT2D eigenvalue weighted by Gasteiger charge is 2.17. The number of carbonyl (C=O) groups excluding carboxylic acids is 1. The standard InChI is InChI=1S/C18H23N3O3S2/c1-3-23-16(22)12-25-18-20-19-17(24-18)14-4-6-15(7-5-14)26-21-10-8-13(2)9-11-21/h4-7,13H,3,8-12H2,1-2H3. The van der Waals surface area contributed by atoms with Gasteiger partial charge in [-0.15, -0.1) is 10.2 Å². The highest BCUT2D eigenvalue weighted by Crippen LogP contribution is 2.30. The summed E-state index contributed by atoms with van der Waals surface area (Å²) in [6, 6.07) is 8.13. The molecule has 0 spiro atoms. The third-order valence-corrected chi connectivity index (χ3v) is 6.00. The number of hydrogen-bond donors (Lipinski definition) is 0. The van der Waals surface area contributed by atoms with Gasteiger partial charge in [0, 0.05) is 23.5 Å². The molecule has 0 amide bonds. The van der Waals surface area contributed by atoms with Crippen molar-refractivity contribution in [2.24, 2.45) is 5.92 Å². The maximum atomic E-state index is 11.4. The summed E-state index contributed by atoms with van der Waals surface area (Å²) >= 11 is 2.99. The average molecular weight is 394 g/mol. The fourth-order valence-corrected chi connectivity index (χ4v) is 4.10. The normalized spacial score (nSPS) is 15.9. The second-order valence-corrected chi connectivity index (χ2v) is 8.29. The summed E-state index contributed by atoms with van der Waals surface area (Å²) in [4.78, 5) is 12.6. The Morgan fingerprint density at radius 3 is 2.69 bits per heavy atom. The van der Waals surface area contributed by atoms with Gasteiger partial charge in [0.15, 0.2) is 0 Å². The van der Waals surface area contributed by atoms with Gasteiger partial charge in [0.25, 0.3) is 5.22 Å². The zero-order valence-corrected chi connectivity index (χ0v) is 16.6. The Morgan fingerprint density at radius 1 is 1.27 bits per heavy atom. The van der Waals surface area contributed by atoms with Crippen LogP contribution in [0.3, 0.4) is 0 Å². The highest BCUT2D eigenvalue weighted by atomic mass is 32.2. The van der Waals surface area contributed by atoms with E-state index in [2.05, 4.69) is 33.6 Å². The summed E-state index contributed by atoms with van der Waals surface area (Å²) < 4.78 is 12.9. The molecule has 2 aromatic rings. The molecule has 0 aliphatic carbocycles. The molecule has 1 saturated heterocycles. The maximum absolute atomic E-state index is 11.4. The number of carbonyl (C=O) groups is 1. The van der Waals surface area contributed by atoms with Crippen LogP contribution in [0.25, 0.3) is 11.5 Å². The van der Waals surface area contributed by atoms with Gasteiger partial charge in [0.2, 0.25) is 5.89 Å². The van der Waals surface area contributed by atoms with Crippen molar-refractivity contribution in [3.05, 3.63) is 24.3 Å². The summed E-state index contributed by atoms with van der Waals surface area (Å²) in [6.07, 6.45) is 2.53. The first-order valence-electron chi connectivity index (χ1n) is 8.79. The molecule has 0 N–H and O–H groups in total. The Kier molecular flexibility index (Phi) is 6.99. The quantitative estimate of drug-likeness (QED) is 0.395. The van der Waals surface area contributed by atoms with Crippen LogP contribution in [0.15, 0.2) is 38.8 Å². The molecule has 1 aliphatic rings. The lowest BCUT2D eigenvalue weighted by Crippen LogP contribution is -2.27. The molecule has 2 heterocycles. The van der Waals surface area contributed by atoms with E-state index in [4.69, 9.17) is 9.15 Å². The van der Waals surface area contributed by atoms with Crippen LogP contribution in [0.1, 0.15) is 26.7 Å². The van der Waals surface area contributed by atoms with Gasteiger partial charge in [0.05, 0.1) is 6.61 Å². The molecule has 0 radical (unpaired) electrons. The van der Waals surface area contributed by atoms with Crippen LogP contribution in [-0.2, 0) is 9.53 Å². The smallest absolute Gasteiger partial charge is 0.316 e. The Bertz CT molecular complexity index is 713. The number of esters is 1. The molecule has 0 atom stereocenters. The fraction of sp³-hybridized carbons (Fsp3) is 0.500. The highest BCUT2D eigenvalue weighted by molar-refractivity contribution is 7.99. The molecule has 6 nitrogen and oxygen atoms in total. The van der Waals surface area contributed by atoms with E-state index in [-0.39, 0.29) is 11.7 Å². The van der Waals surface area contributed by atoms with Crippen molar-refractivity contribution in [3.8, 4) is 11.5 Å². The van der Waals surface area contributed by atoms with Gasteiger partial charge in [-0.3, -0.25) is 4.79 Å². The Labute approximate surface area is 162 Å². The van der Waals surface area contributed by atoms with E-state index < -0.39 is 0 Å². The summed E-state index contributed by atoms with van der Waals surface area (Å²) in [5.41, 5.74) is 0.872. The minimum Gasteiger partial charge on any atom is -0.465 e. The predicted octanol–water partition coefficient (Wildman–Crippen LogP) is 4.13. The maximum Gasteiger partial charge on any atom is 0.316 e. The first kappa shape index (κ1) is 19.3. The number of thioether (sulfide) groups is 1. The lowest BCUT2D eigenvalue weighted by atomic mass is 10.0. The number of benzene rings is 1. The van der Waals surface area contributed by atoms with E-state index in [1.165, 1.54) is 29.5 Å². The minimum absolute atomic E-state index is 0.166. The molecular formula is C18H23N3O3S2. The third-order valence-electron chi connectivity index (χ3n) is 4.10. The third kappa shape index (κ3) is 5.49. The number of hydrogen-bond acceptors (Lipinski definition) is 8. The fourth-order valence-electron chi connectivity index (χ4n) is 2.59. The molecule has 1 fully saturated rings. The molecule has 0 bridgehead atoms. The van der Waals surface area contributed by atoms with Gasteiger partial charge in [-0.05, 0) is 61.9 Å². The van der Waals surface area contributed by atoms with Gasteiger partial charge in [-0.1, -0.05) is 18.7 Å². The SMILES string of the molecule is CCOC(=O)CSc1nnc(-c2ccc(SN3CCC(C)CC3)cc2)o1. The van der Waals surface area contributed by atoms with E-state index in [1.807, 2.05) is 12.1 Å². The minimum atomic E-state index is -0.286. The number of ether oxygens (including phenoxy) is 1. The van der Waals surface area contributed by atoms with Crippen molar-refractivity contribution in [3.63, 3.8) is 0 Å². The van der Waals surface area contributed by atoms with E-state index in [0.717, 1.165) is 24.6 Å². The Hall–Kier alpha value is -1.51. The molecule has 26 heavy (non-hydrogen) atoms. The largest absolute Gasteiger partial charge is 0.465 e. The molecule has 140 valence electrons. The van der Waals surface area contributed by atoms with Crippen LogP contribution in [0.5, 0.6) is 0 Å². The lowest BCUT2D eigenvalue weighted by molar-refractivity contribution is -0.139. The van der Waals surface area contributed by atoms with Gasteiger partial charge < -0.3 is 9.15 Å². The molecule has 8 heteroatoms. The lowest BCUT2D eigenvalue weighted by Gasteiger charge is -2.28. The number of piperidine rings is 1. The summed E-state index contributed by atoms with van der Waals surface area (Å²) in [5.74, 6) is 1.17. The monoisotopic (exact) mass is 393 g/mol. The summed E-state index contributed by atoms with van der Waals surface area (Å²) in [5, 5.41) is 8.40. The Balaban J connectivity index is 1.54. The van der Waals surface area contributed by atoms with E-state index in [1.54, 1.807) is 18.9 Å². The van der Waals surface area contributed by atoms with Gasteiger partial charge in [-0.25, -0.2) is 4.31 Å². The zero-order valence-electron chi connectivity index (χ0n) is 15.0. The number of nitrogens with zero attached hydrogens (tertiary/aromatic N) is 3. The zero-order chi connectivity index (χ0) is 18.4. The summed E-state index contributed by atoms with van der Waals surface area (Å²) in [7, 11) is 0. The van der Waals surface area contributed by atoms with Crippen LogP contribution in [-0.4, -0.2) is 45.9 Å². The second-order valence-electron chi connectivity index (χ2n) is 6.19. The molecular weight excluding hydrogens is 370 g/mol. The molecule has 0 unspecified atom stereocenters. The average Bonchev–Trinajstić information content (AvgIpc) is 3.12. The van der Waals surface area contributed by atoms with Crippen LogP contribution in [0, 0.1) is 5.92 Å². The topological polar surface area (TPSA) is 68.5 Å². The summed E-state index contributed by atoms with van der Waals surface area (Å²) in [6.45, 7) is 6.74. The molecule has 1 aromatic heterocycles. The van der Waals surface area contributed by atoms with Gasteiger partial charge in [0.1, 0.15) is 5.75 Å². The van der Waals surface area contributed by atoms with Crippen molar-refractivity contribution >= 4 is 29.7 Å². The molecule has 3 rings (SSSR count). The van der Waals surface area contributed by atoms with Gasteiger partial charge in [-0.2, -0.15) is 0 Å². The van der Waals surface area contributed by atoms with E-state index >= 15 is 0 Å². The number of rotatable bonds is 7. The van der Waals surface area contributed by atoms with Crippen LogP contribution >= 0.6 is 23.7 Å². The molecule has 1 aromatic carbocycles. The first-order chi connectivity index (χ1) is 12.6. The van der Waals surface area contributed by atoms with Gasteiger partial charge >= 0.3 is 5.97 Å². The van der Waals surface area contributed by atoms with E-state index in [0.29, 0.717) is 17.7 Å². The number of aromatic nitrogens is 2. The Morgan fingerprint density at radius 2 is 2.00 bits per heavy atom. The second kappa shape index (κ2) is 9.43. The van der Waals surface area contributed by atoms with Crippen molar-refractivity contribution in [2.45, 2.75) is 36.8 Å². The van der Waals surface area contributed by atoms with Crippen molar-refractivity contribution < 1.29 is 13.9 Å². The van der Waals surface area contributed by atoms with Crippen LogP contribution in [0.2, 0.25) is 0 Å². The molecule has 0 saturated carbocycles. The van der Waals surface area contributed by atoms with Crippen LogP contribution < -0.4 is 0 Å². The van der Waals surface area contributed by atoms with E-state index in [9.17, 15) is 4.79 Å². The first-order valence-corrected chi connectivity index (χ1v) is 10.5. The predicted molar refractivity (Wildman–Crippen MR) is 103 cm³/mol. The van der Waals surface area contributed by atoms with Crippen LogP contribution in [0.4, 0.5) is 0 Å². The van der Waals surface area contributed by atoms with Crippen molar-refractivity contribution in [1.29, 1.82) is 0 Å².